The lowest BCUT2D eigenvalue weighted by Crippen LogP contribution is -2.34. The maximum atomic E-state index is 12.2. The van der Waals surface area contributed by atoms with Gasteiger partial charge in [0.15, 0.2) is 0 Å². The highest BCUT2D eigenvalue weighted by atomic mass is 16.4. The number of carboxylic acid groups (broad SMARTS) is 1. The van der Waals surface area contributed by atoms with Crippen molar-refractivity contribution in [3.8, 4) is 0 Å². The summed E-state index contributed by atoms with van der Waals surface area (Å²) in [5.41, 5.74) is 0. The van der Waals surface area contributed by atoms with Gasteiger partial charge in [0, 0.05) is 6.04 Å². The molecule has 1 aromatic heterocycles. The Hall–Kier alpha value is -1.78. The van der Waals surface area contributed by atoms with Gasteiger partial charge in [-0.25, -0.2) is 0 Å². The number of furan rings is 1. The molecule has 96 valence electrons. The number of rotatable bonds is 5. The Balaban J connectivity index is 1.67. The van der Waals surface area contributed by atoms with Crippen LogP contribution in [0.1, 0.15) is 25.0 Å². The number of nitrogens with zero attached hydrogens (tertiary/aromatic N) is 1. The van der Waals surface area contributed by atoms with Gasteiger partial charge in [0.1, 0.15) is 5.76 Å². The van der Waals surface area contributed by atoms with Crippen molar-refractivity contribution in [3.63, 3.8) is 0 Å². The molecule has 2 aliphatic carbocycles. The van der Waals surface area contributed by atoms with Gasteiger partial charge in [-0.3, -0.25) is 9.59 Å². The van der Waals surface area contributed by atoms with E-state index in [9.17, 15) is 9.59 Å². The van der Waals surface area contributed by atoms with E-state index in [0.717, 1.165) is 18.6 Å². The summed E-state index contributed by atoms with van der Waals surface area (Å²) in [6.07, 6.45) is 4.09. The molecule has 0 bridgehead atoms. The van der Waals surface area contributed by atoms with E-state index in [1.165, 1.54) is 0 Å². The van der Waals surface area contributed by atoms with Gasteiger partial charge in [-0.1, -0.05) is 0 Å². The van der Waals surface area contributed by atoms with Gasteiger partial charge in [0.25, 0.3) is 0 Å². The maximum absolute atomic E-state index is 12.2. The van der Waals surface area contributed by atoms with E-state index < -0.39 is 11.9 Å². The van der Waals surface area contributed by atoms with Crippen molar-refractivity contribution in [1.82, 2.24) is 4.90 Å². The molecule has 1 heterocycles. The van der Waals surface area contributed by atoms with E-state index in [0.29, 0.717) is 13.0 Å². The Bertz CT molecular complexity index is 463. The fraction of sp³-hybridized carbons (Fsp3) is 0.538. The van der Waals surface area contributed by atoms with Crippen LogP contribution in [0.15, 0.2) is 22.8 Å². The molecule has 18 heavy (non-hydrogen) atoms. The molecule has 2 aliphatic rings. The Kier molecular flexibility index (Phi) is 2.61. The average Bonchev–Trinajstić information content (AvgIpc) is 3.24. The summed E-state index contributed by atoms with van der Waals surface area (Å²) in [4.78, 5) is 24.8. The number of hydrogen-bond acceptors (Lipinski definition) is 3. The van der Waals surface area contributed by atoms with Gasteiger partial charge < -0.3 is 14.4 Å². The van der Waals surface area contributed by atoms with Crippen molar-refractivity contribution in [2.24, 2.45) is 11.8 Å². The van der Waals surface area contributed by atoms with E-state index in [-0.39, 0.29) is 17.9 Å². The van der Waals surface area contributed by atoms with Crippen LogP contribution in [0.2, 0.25) is 0 Å². The number of amides is 1. The highest BCUT2D eigenvalue weighted by Crippen LogP contribution is 2.42. The molecular formula is C13H15NO4. The van der Waals surface area contributed by atoms with Crippen molar-refractivity contribution < 1.29 is 19.1 Å². The highest BCUT2D eigenvalue weighted by molar-refractivity contribution is 5.89. The fourth-order valence-electron chi connectivity index (χ4n) is 2.30. The smallest absolute Gasteiger partial charge is 0.307 e. The zero-order valence-electron chi connectivity index (χ0n) is 9.91. The number of carbonyl (C=O) groups is 2. The summed E-state index contributed by atoms with van der Waals surface area (Å²) in [6.45, 7) is 0.458. The maximum Gasteiger partial charge on any atom is 0.307 e. The van der Waals surface area contributed by atoms with Crippen LogP contribution in [-0.4, -0.2) is 27.9 Å². The molecule has 0 aliphatic heterocycles. The number of carboxylic acids is 1. The van der Waals surface area contributed by atoms with E-state index in [4.69, 9.17) is 9.52 Å². The first kappa shape index (κ1) is 11.3. The van der Waals surface area contributed by atoms with Crippen LogP contribution in [0.4, 0.5) is 0 Å². The second-order valence-electron chi connectivity index (χ2n) is 5.06. The van der Waals surface area contributed by atoms with Crippen molar-refractivity contribution in [3.05, 3.63) is 24.2 Å². The second kappa shape index (κ2) is 4.15. The van der Waals surface area contributed by atoms with Gasteiger partial charge in [0.2, 0.25) is 5.91 Å². The number of hydrogen-bond donors (Lipinski definition) is 1. The first-order valence-corrected chi connectivity index (χ1v) is 6.22. The minimum absolute atomic E-state index is 0.0266. The van der Waals surface area contributed by atoms with E-state index >= 15 is 0 Å². The molecule has 1 aromatic rings. The Morgan fingerprint density at radius 1 is 1.39 bits per heavy atom. The first-order chi connectivity index (χ1) is 8.66. The van der Waals surface area contributed by atoms with Crippen LogP contribution in [-0.2, 0) is 16.1 Å². The predicted octanol–water partition coefficient (Wildman–Crippen LogP) is 1.49. The second-order valence-corrected chi connectivity index (χ2v) is 5.06. The number of aliphatic carboxylic acids is 1. The van der Waals surface area contributed by atoms with Crippen LogP contribution in [0.5, 0.6) is 0 Å². The van der Waals surface area contributed by atoms with Crippen molar-refractivity contribution >= 4 is 11.9 Å². The molecule has 0 radical (unpaired) electrons. The molecule has 2 fully saturated rings. The molecule has 0 spiro atoms. The Morgan fingerprint density at radius 2 is 2.17 bits per heavy atom. The quantitative estimate of drug-likeness (QED) is 0.858. The van der Waals surface area contributed by atoms with Crippen LogP contribution in [0.25, 0.3) is 0 Å². The third-order valence-electron chi connectivity index (χ3n) is 3.60. The normalized spacial score (nSPS) is 25.8. The summed E-state index contributed by atoms with van der Waals surface area (Å²) in [6, 6.07) is 3.91. The third-order valence-corrected chi connectivity index (χ3v) is 3.60. The van der Waals surface area contributed by atoms with Gasteiger partial charge >= 0.3 is 5.97 Å². The Labute approximate surface area is 104 Å². The summed E-state index contributed by atoms with van der Waals surface area (Å²) < 4.78 is 5.26. The van der Waals surface area contributed by atoms with E-state index in [1.807, 2.05) is 6.07 Å². The monoisotopic (exact) mass is 249 g/mol. The SMILES string of the molecule is O=C(O)[C@H]1C[C@H]1C(=O)N(Cc1ccco1)C1CC1. The molecule has 1 N–H and O–H groups in total. The van der Waals surface area contributed by atoms with Gasteiger partial charge in [-0.2, -0.15) is 0 Å². The molecule has 1 amide bonds. The Morgan fingerprint density at radius 3 is 2.67 bits per heavy atom. The number of carbonyl (C=O) groups excluding carboxylic acids is 1. The lowest BCUT2D eigenvalue weighted by Gasteiger charge is -2.21. The largest absolute Gasteiger partial charge is 0.481 e. The first-order valence-electron chi connectivity index (χ1n) is 6.22. The summed E-state index contributed by atoms with van der Waals surface area (Å²) in [5.74, 6) is -0.931. The molecule has 0 saturated heterocycles. The minimum atomic E-state index is -0.859. The third kappa shape index (κ3) is 2.12. The zero-order chi connectivity index (χ0) is 12.7. The standard InChI is InChI=1S/C13H15NO4/c15-12(10-6-11(10)13(16)17)14(8-3-4-8)7-9-2-1-5-18-9/h1-2,5,8,10-11H,3-4,6-7H2,(H,16,17)/t10-,11+/m1/s1. The van der Waals surface area contributed by atoms with Crippen LogP contribution in [0, 0.1) is 11.8 Å². The van der Waals surface area contributed by atoms with E-state index in [2.05, 4.69) is 0 Å². The van der Waals surface area contributed by atoms with Gasteiger partial charge in [0.05, 0.1) is 24.6 Å². The van der Waals surface area contributed by atoms with Crippen molar-refractivity contribution in [2.45, 2.75) is 31.8 Å². The lowest BCUT2D eigenvalue weighted by atomic mass is 10.2. The molecule has 5 nitrogen and oxygen atoms in total. The van der Waals surface area contributed by atoms with Crippen molar-refractivity contribution in [2.75, 3.05) is 0 Å². The molecule has 2 atom stereocenters. The van der Waals surface area contributed by atoms with Gasteiger partial charge in [-0.15, -0.1) is 0 Å². The summed E-state index contributed by atoms with van der Waals surface area (Å²) >= 11 is 0. The summed E-state index contributed by atoms with van der Waals surface area (Å²) in [7, 11) is 0. The highest BCUT2D eigenvalue weighted by Gasteiger charge is 2.51. The van der Waals surface area contributed by atoms with Crippen LogP contribution >= 0.6 is 0 Å². The predicted molar refractivity (Wildman–Crippen MR) is 61.5 cm³/mol. The average molecular weight is 249 g/mol. The summed E-state index contributed by atoms with van der Waals surface area (Å²) in [5, 5.41) is 8.88. The molecule has 3 rings (SSSR count). The minimum Gasteiger partial charge on any atom is -0.481 e. The van der Waals surface area contributed by atoms with Crippen molar-refractivity contribution in [1.29, 1.82) is 0 Å². The zero-order valence-corrected chi connectivity index (χ0v) is 9.91. The lowest BCUT2D eigenvalue weighted by molar-refractivity contribution is -0.142. The molecule has 5 heteroatoms. The van der Waals surface area contributed by atoms with Gasteiger partial charge in [-0.05, 0) is 31.4 Å². The van der Waals surface area contributed by atoms with Crippen LogP contribution in [0.3, 0.4) is 0 Å². The molecular weight excluding hydrogens is 234 g/mol. The van der Waals surface area contributed by atoms with Crippen LogP contribution < -0.4 is 0 Å². The molecule has 0 aromatic carbocycles. The molecule has 0 unspecified atom stereocenters. The topological polar surface area (TPSA) is 70.8 Å². The fourth-order valence-corrected chi connectivity index (χ4v) is 2.30. The van der Waals surface area contributed by atoms with E-state index in [1.54, 1.807) is 17.2 Å². The molecule has 2 saturated carbocycles.